The molecule has 108 valence electrons. The molecule has 1 N–H and O–H groups in total. The lowest BCUT2D eigenvalue weighted by molar-refractivity contribution is -0.136. The Morgan fingerprint density at radius 2 is 1.80 bits per heavy atom. The highest BCUT2D eigenvalue weighted by molar-refractivity contribution is 5.82. The Labute approximate surface area is 121 Å². The van der Waals surface area contributed by atoms with Crippen molar-refractivity contribution in [3.8, 4) is 0 Å². The number of fused-ring (bicyclic) bond motifs is 1. The maximum absolute atomic E-state index is 12.7. The van der Waals surface area contributed by atoms with Gasteiger partial charge in [0.2, 0.25) is 5.91 Å². The fourth-order valence-corrected chi connectivity index (χ4v) is 3.69. The van der Waals surface area contributed by atoms with Crippen molar-refractivity contribution < 1.29 is 4.79 Å². The van der Waals surface area contributed by atoms with Gasteiger partial charge < -0.3 is 10.2 Å². The van der Waals surface area contributed by atoms with E-state index in [1.54, 1.807) is 0 Å². The molecule has 1 aromatic carbocycles. The zero-order valence-corrected chi connectivity index (χ0v) is 12.4. The molecule has 2 aliphatic heterocycles. The van der Waals surface area contributed by atoms with Gasteiger partial charge in [-0.05, 0) is 35.8 Å². The molecule has 0 spiro atoms. The zero-order chi connectivity index (χ0) is 14.1. The molecule has 3 unspecified atom stereocenters. The molecule has 0 aliphatic carbocycles. The fraction of sp³-hybridized carbons (Fsp3) is 0.588. The molecule has 3 rings (SSSR count). The smallest absolute Gasteiger partial charge is 0.240 e. The van der Waals surface area contributed by atoms with E-state index in [-0.39, 0.29) is 11.9 Å². The first-order valence-corrected chi connectivity index (χ1v) is 7.72. The summed E-state index contributed by atoms with van der Waals surface area (Å²) < 4.78 is 0. The summed E-state index contributed by atoms with van der Waals surface area (Å²) in [4.78, 5) is 14.8. The fourth-order valence-electron chi connectivity index (χ4n) is 3.69. The third kappa shape index (κ3) is 2.73. The van der Waals surface area contributed by atoms with Crippen LogP contribution in [0.1, 0.15) is 31.4 Å². The predicted molar refractivity (Wildman–Crippen MR) is 80.3 cm³/mol. The first-order valence-electron chi connectivity index (χ1n) is 7.72. The van der Waals surface area contributed by atoms with E-state index >= 15 is 0 Å². The summed E-state index contributed by atoms with van der Waals surface area (Å²) >= 11 is 0. The minimum absolute atomic E-state index is 0.0394. The number of rotatable bonds is 1. The minimum atomic E-state index is -0.0394. The summed E-state index contributed by atoms with van der Waals surface area (Å²) in [5.41, 5.74) is 2.65. The van der Waals surface area contributed by atoms with Crippen LogP contribution in [0.3, 0.4) is 0 Å². The molecule has 20 heavy (non-hydrogen) atoms. The molecule has 0 bridgehead atoms. The van der Waals surface area contributed by atoms with Gasteiger partial charge in [0.05, 0.1) is 6.04 Å². The third-order valence-corrected chi connectivity index (χ3v) is 4.56. The molecule has 0 aromatic heterocycles. The summed E-state index contributed by atoms with van der Waals surface area (Å²) in [6.07, 6.45) is 2.07. The normalized spacial score (nSPS) is 29.9. The van der Waals surface area contributed by atoms with Crippen LogP contribution < -0.4 is 5.32 Å². The second-order valence-electron chi connectivity index (χ2n) is 6.60. The van der Waals surface area contributed by atoms with Crippen LogP contribution in [0.25, 0.3) is 0 Å². The highest BCUT2D eigenvalue weighted by Crippen LogP contribution is 2.23. The maximum Gasteiger partial charge on any atom is 0.240 e. The average molecular weight is 272 g/mol. The lowest BCUT2D eigenvalue weighted by atomic mass is 9.90. The first kappa shape index (κ1) is 13.6. The van der Waals surface area contributed by atoms with Gasteiger partial charge in [-0.2, -0.15) is 0 Å². The monoisotopic (exact) mass is 272 g/mol. The number of nitrogens with zero attached hydrogens (tertiary/aromatic N) is 1. The number of likely N-dealkylation sites (tertiary alicyclic amines) is 1. The van der Waals surface area contributed by atoms with E-state index in [4.69, 9.17) is 0 Å². The van der Waals surface area contributed by atoms with Crippen molar-refractivity contribution in [2.24, 2.45) is 11.8 Å². The maximum atomic E-state index is 12.7. The largest absolute Gasteiger partial charge is 0.341 e. The Morgan fingerprint density at radius 3 is 2.50 bits per heavy atom. The van der Waals surface area contributed by atoms with E-state index < -0.39 is 0 Å². The number of piperidine rings is 1. The number of hydrogen-bond donors (Lipinski definition) is 1. The van der Waals surface area contributed by atoms with E-state index in [2.05, 4.69) is 48.3 Å². The van der Waals surface area contributed by atoms with Gasteiger partial charge in [-0.3, -0.25) is 4.79 Å². The highest BCUT2D eigenvalue weighted by Gasteiger charge is 2.31. The van der Waals surface area contributed by atoms with Gasteiger partial charge in [-0.25, -0.2) is 0 Å². The van der Waals surface area contributed by atoms with Crippen LogP contribution in [0.5, 0.6) is 0 Å². The minimum Gasteiger partial charge on any atom is -0.341 e. The molecular weight excluding hydrogens is 248 g/mol. The van der Waals surface area contributed by atoms with Gasteiger partial charge in [0.25, 0.3) is 0 Å². The Hall–Kier alpha value is -1.35. The van der Waals surface area contributed by atoms with Crippen LogP contribution in [0.15, 0.2) is 24.3 Å². The highest BCUT2D eigenvalue weighted by atomic mass is 16.2. The number of benzene rings is 1. The second-order valence-corrected chi connectivity index (χ2v) is 6.60. The molecule has 3 atom stereocenters. The average Bonchev–Trinajstić information content (AvgIpc) is 2.45. The molecule has 0 radical (unpaired) electrons. The van der Waals surface area contributed by atoms with Crippen molar-refractivity contribution in [1.82, 2.24) is 10.2 Å². The van der Waals surface area contributed by atoms with Crippen LogP contribution in [-0.2, 0) is 17.8 Å². The second kappa shape index (κ2) is 5.57. The van der Waals surface area contributed by atoms with Crippen LogP contribution in [0, 0.1) is 11.8 Å². The number of nitrogens with one attached hydrogen (secondary N) is 1. The van der Waals surface area contributed by atoms with Crippen LogP contribution in [-0.4, -0.2) is 29.9 Å². The standard InChI is InChI=1S/C17H24N2O/c1-12-7-13(2)11-19(10-12)17(20)16-8-14-5-3-4-6-15(14)9-18-16/h3-6,12-13,16,18H,7-11H2,1-2H3. The summed E-state index contributed by atoms with van der Waals surface area (Å²) in [6, 6.07) is 8.39. The molecule has 1 aromatic rings. The quantitative estimate of drug-likeness (QED) is 0.850. The van der Waals surface area contributed by atoms with Gasteiger partial charge in [0.15, 0.2) is 0 Å². The van der Waals surface area contributed by atoms with Crippen molar-refractivity contribution >= 4 is 5.91 Å². The Bertz CT molecular complexity index is 490. The van der Waals surface area contributed by atoms with E-state index in [1.165, 1.54) is 17.5 Å². The topological polar surface area (TPSA) is 32.3 Å². The molecule has 1 saturated heterocycles. The molecular formula is C17H24N2O. The number of hydrogen-bond acceptors (Lipinski definition) is 2. The van der Waals surface area contributed by atoms with E-state index in [1.807, 2.05) is 0 Å². The van der Waals surface area contributed by atoms with E-state index in [0.717, 1.165) is 26.1 Å². The van der Waals surface area contributed by atoms with Crippen molar-refractivity contribution in [2.45, 2.75) is 39.3 Å². The molecule has 0 saturated carbocycles. The molecule has 3 heteroatoms. The van der Waals surface area contributed by atoms with Crippen molar-refractivity contribution in [3.63, 3.8) is 0 Å². The Kier molecular flexibility index (Phi) is 3.79. The number of carbonyl (C=O) groups is 1. The summed E-state index contributed by atoms with van der Waals surface area (Å²) in [5.74, 6) is 1.54. The molecule has 1 fully saturated rings. The summed E-state index contributed by atoms with van der Waals surface area (Å²) in [7, 11) is 0. The van der Waals surface area contributed by atoms with Crippen LogP contribution >= 0.6 is 0 Å². The van der Waals surface area contributed by atoms with Crippen LogP contribution in [0.4, 0.5) is 0 Å². The Morgan fingerprint density at radius 1 is 1.15 bits per heavy atom. The summed E-state index contributed by atoms with van der Waals surface area (Å²) in [5, 5.41) is 3.41. The molecule has 3 nitrogen and oxygen atoms in total. The van der Waals surface area contributed by atoms with Crippen molar-refractivity contribution in [2.75, 3.05) is 13.1 Å². The van der Waals surface area contributed by atoms with E-state index in [9.17, 15) is 4.79 Å². The van der Waals surface area contributed by atoms with Crippen molar-refractivity contribution in [3.05, 3.63) is 35.4 Å². The summed E-state index contributed by atoms with van der Waals surface area (Å²) in [6.45, 7) is 7.15. The van der Waals surface area contributed by atoms with Gasteiger partial charge in [-0.15, -0.1) is 0 Å². The SMILES string of the molecule is CC1CC(C)CN(C(=O)C2Cc3ccccc3CN2)C1. The van der Waals surface area contributed by atoms with Gasteiger partial charge in [-0.1, -0.05) is 38.1 Å². The lowest BCUT2D eigenvalue weighted by Gasteiger charge is -2.38. The molecule has 1 amide bonds. The number of carbonyl (C=O) groups excluding carboxylic acids is 1. The Balaban J connectivity index is 1.69. The third-order valence-electron chi connectivity index (χ3n) is 4.56. The van der Waals surface area contributed by atoms with Crippen LogP contribution in [0.2, 0.25) is 0 Å². The molecule has 2 heterocycles. The molecule has 2 aliphatic rings. The number of amides is 1. The van der Waals surface area contributed by atoms with Gasteiger partial charge in [0, 0.05) is 19.6 Å². The van der Waals surface area contributed by atoms with Gasteiger partial charge >= 0.3 is 0 Å². The van der Waals surface area contributed by atoms with E-state index in [0.29, 0.717) is 11.8 Å². The van der Waals surface area contributed by atoms with Gasteiger partial charge in [0.1, 0.15) is 0 Å². The van der Waals surface area contributed by atoms with Crippen molar-refractivity contribution in [1.29, 1.82) is 0 Å². The predicted octanol–water partition coefficient (Wildman–Crippen LogP) is 2.21. The zero-order valence-electron chi connectivity index (χ0n) is 12.4. The first-order chi connectivity index (χ1) is 9.63. The lowest BCUT2D eigenvalue weighted by Crippen LogP contribution is -2.53.